The summed E-state index contributed by atoms with van der Waals surface area (Å²) in [6.45, 7) is 0. The van der Waals surface area contributed by atoms with Crippen LogP contribution < -0.4 is 4.74 Å². The second-order valence-electron chi connectivity index (χ2n) is 6.00. The van der Waals surface area contributed by atoms with E-state index in [0.29, 0.717) is 12.2 Å². The molecule has 4 aromatic rings. The summed E-state index contributed by atoms with van der Waals surface area (Å²) >= 11 is 1.75. The van der Waals surface area contributed by atoms with Crippen molar-refractivity contribution in [3.8, 4) is 5.75 Å². The average molecular weight is 362 g/mol. The van der Waals surface area contributed by atoms with Crippen LogP contribution in [0.4, 0.5) is 0 Å². The Kier molecular flexibility index (Phi) is 4.93. The standard InChI is InChI=1S/C22H18O3S/c23-22(11-6-14-26-17-7-2-1-3-8-17)24-16-12-13-21-19(15-16)18-9-4-5-10-20(18)25-21/h1-5,7-10,12-13,15H,6,11,14H2. The lowest BCUT2D eigenvalue weighted by molar-refractivity contribution is -0.134. The third kappa shape index (κ3) is 3.75. The van der Waals surface area contributed by atoms with Gasteiger partial charge in [-0.2, -0.15) is 0 Å². The molecule has 3 aromatic carbocycles. The van der Waals surface area contributed by atoms with Crippen molar-refractivity contribution in [3.05, 3.63) is 72.8 Å². The number of benzene rings is 3. The van der Waals surface area contributed by atoms with Gasteiger partial charge in [-0.1, -0.05) is 36.4 Å². The first kappa shape index (κ1) is 16.7. The minimum absolute atomic E-state index is 0.203. The van der Waals surface area contributed by atoms with Crippen LogP contribution in [0.2, 0.25) is 0 Å². The van der Waals surface area contributed by atoms with Crippen molar-refractivity contribution in [2.75, 3.05) is 5.75 Å². The van der Waals surface area contributed by atoms with E-state index in [1.165, 1.54) is 4.90 Å². The topological polar surface area (TPSA) is 39.4 Å². The molecular weight excluding hydrogens is 344 g/mol. The fourth-order valence-electron chi connectivity index (χ4n) is 2.87. The van der Waals surface area contributed by atoms with Crippen molar-refractivity contribution in [1.82, 2.24) is 0 Å². The first-order valence-electron chi connectivity index (χ1n) is 8.59. The Hall–Kier alpha value is -2.72. The molecule has 0 N–H and O–H groups in total. The van der Waals surface area contributed by atoms with E-state index in [9.17, 15) is 4.79 Å². The van der Waals surface area contributed by atoms with Crippen LogP contribution in [0.15, 0.2) is 82.1 Å². The van der Waals surface area contributed by atoms with E-state index in [4.69, 9.17) is 9.15 Å². The highest BCUT2D eigenvalue weighted by atomic mass is 32.2. The van der Waals surface area contributed by atoms with Gasteiger partial charge in [0.25, 0.3) is 0 Å². The van der Waals surface area contributed by atoms with Crippen LogP contribution in [0, 0.1) is 0 Å². The van der Waals surface area contributed by atoms with Gasteiger partial charge in [-0.3, -0.25) is 4.79 Å². The van der Waals surface area contributed by atoms with E-state index >= 15 is 0 Å². The van der Waals surface area contributed by atoms with Gasteiger partial charge in [0, 0.05) is 22.1 Å². The van der Waals surface area contributed by atoms with Crippen molar-refractivity contribution >= 4 is 39.7 Å². The zero-order valence-corrected chi connectivity index (χ0v) is 15.0. The molecule has 0 aliphatic heterocycles. The molecule has 0 saturated carbocycles. The number of carbonyl (C=O) groups is 1. The molecule has 4 heteroatoms. The number of carbonyl (C=O) groups excluding carboxylic acids is 1. The van der Waals surface area contributed by atoms with Crippen molar-refractivity contribution in [1.29, 1.82) is 0 Å². The minimum atomic E-state index is -0.203. The first-order chi connectivity index (χ1) is 12.8. The van der Waals surface area contributed by atoms with Crippen LogP contribution in [-0.2, 0) is 4.79 Å². The molecule has 4 rings (SSSR count). The average Bonchev–Trinajstić information content (AvgIpc) is 3.04. The Labute approximate surface area is 156 Å². The maximum Gasteiger partial charge on any atom is 0.311 e. The van der Waals surface area contributed by atoms with E-state index in [2.05, 4.69) is 12.1 Å². The monoisotopic (exact) mass is 362 g/mol. The quantitative estimate of drug-likeness (QED) is 0.181. The molecule has 3 nitrogen and oxygen atoms in total. The molecule has 0 aliphatic carbocycles. The summed E-state index contributed by atoms with van der Waals surface area (Å²) < 4.78 is 11.3. The van der Waals surface area contributed by atoms with Gasteiger partial charge >= 0.3 is 5.97 Å². The Balaban J connectivity index is 1.36. The number of hydrogen-bond donors (Lipinski definition) is 0. The van der Waals surface area contributed by atoms with Gasteiger partial charge in [0.2, 0.25) is 0 Å². The normalized spacial score (nSPS) is 11.1. The van der Waals surface area contributed by atoms with Crippen molar-refractivity contribution in [2.45, 2.75) is 17.7 Å². The summed E-state index contributed by atoms with van der Waals surface area (Å²) in [5, 5.41) is 1.99. The SMILES string of the molecule is O=C(CCCSc1ccccc1)Oc1ccc2oc3ccccc3c2c1. The lowest BCUT2D eigenvalue weighted by Crippen LogP contribution is -2.07. The lowest BCUT2D eigenvalue weighted by atomic mass is 10.1. The Morgan fingerprint density at radius 2 is 1.65 bits per heavy atom. The van der Waals surface area contributed by atoms with E-state index in [1.54, 1.807) is 17.8 Å². The molecule has 1 heterocycles. The number of thioether (sulfide) groups is 1. The smallest absolute Gasteiger partial charge is 0.311 e. The molecule has 0 unspecified atom stereocenters. The van der Waals surface area contributed by atoms with Crippen LogP contribution in [0.3, 0.4) is 0 Å². The third-order valence-corrected chi connectivity index (χ3v) is 5.22. The number of furan rings is 1. The van der Waals surface area contributed by atoms with Crippen LogP contribution in [-0.4, -0.2) is 11.7 Å². The van der Waals surface area contributed by atoms with Gasteiger partial charge in [-0.05, 0) is 48.6 Å². The second kappa shape index (κ2) is 7.67. The van der Waals surface area contributed by atoms with Gasteiger partial charge in [0.05, 0.1) is 0 Å². The summed E-state index contributed by atoms with van der Waals surface area (Å²) in [6, 6.07) is 23.6. The zero-order chi connectivity index (χ0) is 17.8. The number of ether oxygens (including phenoxy) is 1. The zero-order valence-electron chi connectivity index (χ0n) is 14.2. The highest BCUT2D eigenvalue weighted by Gasteiger charge is 2.10. The molecular formula is C22H18O3S. The molecule has 1 aromatic heterocycles. The fourth-order valence-corrected chi connectivity index (χ4v) is 3.75. The summed E-state index contributed by atoms with van der Waals surface area (Å²) in [4.78, 5) is 13.3. The number of fused-ring (bicyclic) bond motifs is 3. The van der Waals surface area contributed by atoms with Crippen LogP contribution >= 0.6 is 11.8 Å². The van der Waals surface area contributed by atoms with Crippen LogP contribution in [0.25, 0.3) is 21.9 Å². The van der Waals surface area contributed by atoms with Gasteiger partial charge in [0.1, 0.15) is 16.9 Å². The van der Waals surface area contributed by atoms with Crippen molar-refractivity contribution in [3.63, 3.8) is 0 Å². The van der Waals surface area contributed by atoms with Gasteiger partial charge < -0.3 is 9.15 Å². The van der Waals surface area contributed by atoms with Crippen molar-refractivity contribution in [2.24, 2.45) is 0 Å². The van der Waals surface area contributed by atoms with E-state index in [0.717, 1.165) is 34.1 Å². The maximum absolute atomic E-state index is 12.1. The predicted octanol–water partition coefficient (Wildman–Crippen LogP) is 6.06. The third-order valence-electron chi connectivity index (χ3n) is 4.12. The van der Waals surface area contributed by atoms with Gasteiger partial charge in [0.15, 0.2) is 0 Å². The second-order valence-corrected chi connectivity index (χ2v) is 7.16. The molecule has 0 radical (unpaired) electrons. The van der Waals surface area contributed by atoms with E-state index < -0.39 is 0 Å². The largest absolute Gasteiger partial charge is 0.456 e. The Bertz CT molecular complexity index is 1040. The molecule has 0 amide bonds. The number of rotatable bonds is 6. The van der Waals surface area contributed by atoms with E-state index in [-0.39, 0.29) is 5.97 Å². The van der Waals surface area contributed by atoms with Gasteiger partial charge in [-0.25, -0.2) is 0 Å². The molecule has 0 saturated heterocycles. The highest BCUT2D eigenvalue weighted by Crippen LogP contribution is 2.31. The Morgan fingerprint density at radius 1 is 0.885 bits per heavy atom. The molecule has 0 aliphatic rings. The van der Waals surface area contributed by atoms with Gasteiger partial charge in [-0.15, -0.1) is 11.8 Å². The molecule has 0 fully saturated rings. The summed E-state index contributed by atoms with van der Waals surface area (Å²) in [7, 11) is 0. The Morgan fingerprint density at radius 3 is 2.54 bits per heavy atom. The lowest BCUT2D eigenvalue weighted by Gasteiger charge is -2.05. The molecule has 0 spiro atoms. The molecule has 26 heavy (non-hydrogen) atoms. The summed E-state index contributed by atoms with van der Waals surface area (Å²) in [5.74, 6) is 1.25. The molecule has 0 bridgehead atoms. The van der Waals surface area contributed by atoms with Crippen molar-refractivity contribution < 1.29 is 13.9 Å². The molecule has 0 atom stereocenters. The minimum Gasteiger partial charge on any atom is -0.456 e. The summed E-state index contributed by atoms with van der Waals surface area (Å²) in [5.41, 5.74) is 1.63. The number of esters is 1. The van der Waals surface area contributed by atoms with Crippen LogP contribution in [0.1, 0.15) is 12.8 Å². The fraction of sp³-hybridized carbons (Fsp3) is 0.136. The highest BCUT2D eigenvalue weighted by molar-refractivity contribution is 7.99. The van der Waals surface area contributed by atoms with Crippen LogP contribution in [0.5, 0.6) is 5.75 Å². The number of para-hydroxylation sites is 1. The predicted molar refractivity (Wildman–Crippen MR) is 106 cm³/mol. The maximum atomic E-state index is 12.1. The first-order valence-corrected chi connectivity index (χ1v) is 9.58. The summed E-state index contributed by atoms with van der Waals surface area (Å²) in [6.07, 6.45) is 1.19. The van der Waals surface area contributed by atoms with E-state index in [1.807, 2.05) is 54.6 Å². The number of hydrogen-bond acceptors (Lipinski definition) is 4. The molecule has 130 valence electrons.